The Morgan fingerprint density at radius 1 is 1.28 bits per heavy atom. The van der Waals surface area contributed by atoms with E-state index in [1.54, 1.807) is 19.0 Å². The third-order valence-corrected chi connectivity index (χ3v) is 4.87. The smallest absolute Gasteiger partial charge is 0.253 e. The van der Waals surface area contributed by atoms with E-state index in [0.717, 1.165) is 57.9 Å². The van der Waals surface area contributed by atoms with Crippen molar-refractivity contribution in [1.82, 2.24) is 14.7 Å². The van der Waals surface area contributed by atoms with Crippen molar-refractivity contribution in [3.63, 3.8) is 0 Å². The number of nitrogens with zero attached hydrogens (tertiary/aromatic N) is 3. The van der Waals surface area contributed by atoms with Gasteiger partial charge in [0.1, 0.15) is 0 Å². The van der Waals surface area contributed by atoms with Crippen molar-refractivity contribution in [2.24, 2.45) is 0 Å². The standard InChI is InChI=1S/C20H33N3O2/c1-5-19-16-22(10-11-23(19)12-13-25-6-2)15-17-8-7-9-18(14-17)20(24)21(3)4/h7-9,14,19H,5-6,10-13,15-16H2,1-4H3/t19-/m0/s1. The van der Waals surface area contributed by atoms with Crippen molar-refractivity contribution >= 4 is 5.91 Å². The number of benzene rings is 1. The first-order chi connectivity index (χ1) is 12.0. The van der Waals surface area contributed by atoms with E-state index in [2.05, 4.69) is 22.8 Å². The molecule has 0 N–H and O–H groups in total. The Balaban J connectivity index is 1.93. The molecule has 0 saturated carbocycles. The van der Waals surface area contributed by atoms with E-state index in [9.17, 15) is 4.79 Å². The van der Waals surface area contributed by atoms with E-state index in [-0.39, 0.29) is 5.91 Å². The molecule has 1 heterocycles. The van der Waals surface area contributed by atoms with E-state index in [1.807, 2.05) is 25.1 Å². The number of rotatable bonds is 8. The van der Waals surface area contributed by atoms with Crippen LogP contribution in [0.1, 0.15) is 36.2 Å². The van der Waals surface area contributed by atoms with Gasteiger partial charge in [-0.15, -0.1) is 0 Å². The van der Waals surface area contributed by atoms with E-state index in [1.165, 1.54) is 5.56 Å². The van der Waals surface area contributed by atoms with Gasteiger partial charge in [-0.3, -0.25) is 14.6 Å². The second-order valence-corrected chi connectivity index (χ2v) is 6.93. The molecule has 5 nitrogen and oxygen atoms in total. The summed E-state index contributed by atoms with van der Waals surface area (Å²) in [5.41, 5.74) is 1.98. The molecule has 0 aliphatic carbocycles. The number of amides is 1. The Morgan fingerprint density at radius 2 is 2.08 bits per heavy atom. The van der Waals surface area contributed by atoms with Crippen molar-refractivity contribution in [2.45, 2.75) is 32.9 Å². The zero-order valence-electron chi connectivity index (χ0n) is 16.2. The number of ether oxygens (including phenoxy) is 1. The molecule has 25 heavy (non-hydrogen) atoms. The van der Waals surface area contributed by atoms with Crippen LogP contribution in [0.5, 0.6) is 0 Å². The highest BCUT2D eigenvalue weighted by atomic mass is 16.5. The third-order valence-electron chi connectivity index (χ3n) is 4.87. The van der Waals surface area contributed by atoms with Crippen molar-refractivity contribution in [2.75, 3.05) is 53.5 Å². The Labute approximate surface area is 152 Å². The topological polar surface area (TPSA) is 36.0 Å². The second-order valence-electron chi connectivity index (χ2n) is 6.93. The van der Waals surface area contributed by atoms with Crippen LogP contribution in [-0.4, -0.2) is 80.1 Å². The molecule has 0 unspecified atom stereocenters. The van der Waals surface area contributed by atoms with Crippen molar-refractivity contribution in [3.05, 3.63) is 35.4 Å². The van der Waals surface area contributed by atoms with Gasteiger partial charge in [-0.05, 0) is 31.0 Å². The molecule has 2 rings (SSSR count). The summed E-state index contributed by atoms with van der Waals surface area (Å²) in [6, 6.07) is 8.62. The maximum absolute atomic E-state index is 12.1. The molecule has 1 aliphatic rings. The summed E-state index contributed by atoms with van der Waals surface area (Å²) in [4.78, 5) is 18.8. The maximum Gasteiger partial charge on any atom is 0.253 e. The van der Waals surface area contributed by atoms with Crippen LogP contribution >= 0.6 is 0 Å². The minimum absolute atomic E-state index is 0.0639. The quantitative estimate of drug-likeness (QED) is 0.676. The van der Waals surface area contributed by atoms with Crippen LogP contribution < -0.4 is 0 Å². The summed E-state index contributed by atoms with van der Waals surface area (Å²) in [6.45, 7) is 11.1. The summed E-state index contributed by atoms with van der Waals surface area (Å²) in [6.07, 6.45) is 1.15. The highest BCUT2D eigenvalue weighted by molar-refractivity contribution is 5.94. The molecule has 1 aliphatic heterocycles. The second kappa shape index (κ2) is 9.90. The van der Waals surface area contributed by atoms with E-state index >= 15 is 0 Å². The van der Waals surface area contributed by atoms with E-state index in [0.29, 0.717) is 6.04 Å². The van der Waals surface area contributed by atoms with Gasteiger partial charge in [0.15, 0.2) is 0 Å². The fourth-order valence-electron chi connectivity index (χ4n) is 3.43. The monoisotopic (exact) mass is 347 g/mol. The van der Waals surface area contributed by atoms with Crippen molar-refractivity contribution < 1.29 is 9.53 Å². The first kappa shape index (κ1) is 19.9. The number of hydrogen-bond donors (Lipinski definition) is 0. The molecule has 140 valence electrons. The van der Waals surface area contributed by atoms with Gasteiger partial charge in [0.25, 0.3) is 5.91 Å². The summed E-state index contributed by atoms with van der Waals surface area (Å²) in [7, 11) is 3.59. The molecule has 1 atom stereocenters. The van der Waals surface area contributed by atoms with Gasteiger partial charge in [0.05, 0.1) is 6.61 Å². The molecular weight excluding hydrogens is 314 g/mol. The molecule has 1 amide bonds. The normalized spacial score (nSPS) is 19.1. The molecule has 1 aromatic rings. The predicted molar refractivity (Wildman–Crippen MR) is 102 cm³/mol. The van der Waals surface area contributed by atoms with Gasteiger partial charge in [-0.2, -0.15) is 0 Å². The molecule has 0 bridgehead atoms. The zero-order valence-corrected chi connectivity index (χ0v) is 16.2. The minimum Gasteiger partial charge on any atom is -0.380 e. The van der Waals surface area contributed by atoms with Gasteiger partial charge in [0, 0.05) is 65.0 Å². The first-order valence-electron chi connectivity index (χ1n) is 9.39. The van der Waals surface area contributed by atoms with Gasteiger partial charge >= 0.3 is 0 Å². The van der Waals surface area contributed by atoms with Crippen molar-refractivity contribution in [1.29, 1.82) is 0 Å². The van der Waals surface area contributed by atoms with Crippen LogP contribution in [-0.2, 0) is 11.3 Å². The molecule has 0 aromatic heterocycles. The third kappa shape index (κ3) is 5.80. The lowest BCUT2D eigenvalue weighted by molar-refractivity contribution is 0.0385. The lowest BCUT2D eigenvalue weighted by Crippen LogP contribution is -2.53. The van der Waals surface area contributed by atoms with E-state index < -0.39 is 0 Å². The van der Waals surface area contributed by atoms with Crippen LogP contribution in [0.4, 0.5) is 0 Å². The lowest BCUT2D eigenvalue weighted by Gasteiger charge is -2.41. The molecule has 1 fully saturated rings. The fourth-order valence-corrected chi connectivity index (χ4v) is 3.43. The predicted octanol–water partition coefficient (Wildman–Crippen LogP) is 2.32. The molecule has 0 spiro atoms. The lowest BCUT2D eigenvalue weighted by atomic mass is 10.1. The van der Waals surface area contributed by atoms with Gasteiger partial charge < -0.3 is 9.64 Å². The largest absolute Gasteiger partial charge is 0.380 e. The van der Waals surface area contributed by atoms with E-state index in [4.69, 9.17) is 4.74 Å². The summed E-state index contributed by atoms with van der Waals surface area (Å²) in [5.74, 6) is 0.0639. The molecule has 1 aromatic carbocycles. The Morgan fingerprint density at radius 3 is 2.76 bits per heavy atom. The van der Waals surface area contributed by atoms with Gasteiger partial charge in [0.2, 0.25) is 0 Å². The molecule has 0 radical (unpaired) electrons. The molecular formula is C20H33N3O2. The number of hydrogen-bond acceptors (Lipinski definition) is 4. The number of piperazine rings is 1. The molecule has 5 heteroatoms. The summed E-state index contributed by atoms with van der Waals surface area (Å²) in [5, 5.41) is 0. The van der Waals surface area contributed by atoms with Gasteiger partial charge in [-0.25, -0.2) is 0 Å². The Hall–Kier alpha value is -1.43. The SMILES string of the molecule is CCOCCN1CCN(Cc2cccc(C(=O)N(C)C)c2)C[C@@H]1CC. The average Bonchev–Trinajstić information content (AvgIpc) is 2.62. The van der Waals surface area contributed by atoms with Crippen LogP contribution in [0.2, 0.25) is 0 Å². The van der Waals surface area contributed by atoms with Crippen LogP contribution in [0.15, 0.2) is 24.3 Å². The minimum atomic E-state index is 0.0639. The van der Waals surface area contributed by atoms with Crippen molar-refractivity contribution in [3.8, 4) is 0 Å². The highest BCUT2D eigenvalue weighted by Crippen LogP contribution is 2.16. The fraction of sp³-hybridized carbons (Fsp3) is 0.650. The highest BCUT2D eigenvalue weighted by Gasteiger charge is 2.25. The number of carbonyl (C=O) groups is 1. The van der Waals surface area contributed by atoms with Crippen LogP contribution in [0, 0.1) is 0 Å². The average molecular weight is 348 g/mol. The summed E-state index contributed by atoms with van der Waals surface area (Å²) >= 11 is 0. The Kier molecular flexibility index (Phi) is 7.88. The van der Waals surface area contributed by atoms with Crippen LogP contribution in [0.3, 0.4) is 0 Å². The Bertz CT molecular complexity index is 547. The molecule has 1 saturated heterocycles. The number of carbonyl (C=O) groups excluding carboxylic acids is 1. The maximum atomic E-state index is 12.1. The summed E-state index contributed by atoms with van der Waals surface area (Å²) < 4.78 is 5.52. The zero-order chi connectivity index (χ0) is 18.2. The van der Waals surface area contributed by atoms with Gasteiger partial charge in [-0.1, -0.05) is 19.1 Å². The first-order valence-corrected chi connectivity index (χ1v) is 9.39. The van der Waals surface area contributed by atoms with Crippen LogP contribution in [0.25, 0.3) is 0 Å².